The SMILES string of the molecule is CC(C)COc1ccc([C@@H]2Nc3ccccc3C(=O)N2c2ccc(Br)cc2)cc1. The third-order valence-electron chi connectivity index (χ3n) is 4.81. The Balaban J connectivity index is 1.71. The van der Waals surface area contributed by atoms with Crippen LogP contribution in [0.4, 0.5) is 11.4 Å². The van der Waals surface area contributed by atoms with Crippen LogP contribution in [0, 0.1) is 5.92 Å². The topological polar surface area (TPSA) is 41.6 Å². The van der Waals surface area contributed by atoms with E-state index in [1.54, 1.807) is 4.90 Å². The van der Waals surface area contributed by atoms with Crippen molar-refractivity contribution in [2.45, 2.75) is 20.0 Å². The van der Waals surface area contributed by atoms with Crippen LogP contribution < -0.4 is 15.0 Å². The molecule has 3 aromatic carbocycles. The number of benzene rings is 3. The van der Waals surface area contributed by atoms with Gasteiger partial charge < -0.3 is 10.1 Å². The zero-order chi connectivity index (χ0) is 20.4. The molecular formula is C24H23BrN2O2. The molecule has 1 heterocycles. The Labute approximate surface area is 179 Å². The highest BCUT2D eigenvalue weighted by molar-refractivity contribution is 9.10. The minimum absolute atomic E-state index is 0.0215. The summed E-state index contributed by atoms with van der Waals surface area (Å²) in [4.78, 5) is 15.2. The van der Waals surface area contributed by atoms with Crippen molar-refractivity contribution in [3.8, 4) is 5.75 Å². The van der Waals surface area contributed by atoms with E-state index < -0.39 is 0 Å². The molecule has 4 rings (SSSR count). The van der Waals surface area contributed by atoms with Crippen molar-refractivity contribution in [2.24, 2.45) is 5.92 Å². The van der Waals surface area contributed by atoms with Crippen molar-refractivity contribution in [1.29, 1.82) is 0 Å². The lowest BCUT2D eigenvalue weighted by Crippen LogP contribution is -2.43. The van der Waals surface area contributed by atoms with E-state index in [1.807, 2.05) is 72.8 Å². The lowest BCUT2D eigenvalue weighted by Gasteiger charge is -2.38. The molecule has 0 fully saturated rings. The first-order valence-corrected chi connectivity index (χ1v) is 10.5. The average Bonchev–Trinajstić information content (AvgIpc) is 2.73. The second-order valence-electron chi connectivity index (χ2n) is 7.52. The van der Waals surface area contributed by atoms with Crippen LogP contribution in [-0.2, 0) is 0 Å². The first-order chi connectivity index (χ1) is 14.0. The minimum atomic E-state index is -0.308. The number of ether oxygens (including phenoxy) is 1. The Hall–Kier alpha value is -2.79. The molecule has 1 amide bonds. The van der Waals surface area contributed by atoms with Gasteiger partial charge in [-0.3, -0.25) is 9.69 Å². The number of hydrogen-bond donors (Lipinski definition) is 1. The van der Waals surface area contributed by atoms with Crippen LogP contribution in [0.3, 0.4) is 0 Å². The molecule has 0 saturated carbocycles. The first-order valence-electron chi connectivity index (χ1n) is 9.70. The zero-order valence-electron chi connectivity index (χ0n) is 16.4. The van der Waals surface area contributed by atoms with Crippen molar-refractivity contribution in [3.05, 3.63) is 88.4 Å². The molecular weight excluding hydrogens is 428 g/mol. The summed E-state index contributed by atoms with van der Waals surface area (Å²) >= 11 is 3.47. The molecule has 0 saturated heterocycles. The number of carbonyl (C=O) groups is 1. The van der Waals surface area contributed by atoms with E-state index in [2.05, 4.69) is 35.1 Å². The summed E-state index contributed by atoms with van der Waals surface area (Å²) in [7, 11) is 0. The fraction of sp³-hybridized carbons (Fsp3) is 0.208. The Morgan fingerprint density at radius 3 is 2.38 bits per heavy atom. The normalized spacial score (nSPS) is 15.8. The van der Waals surface area contributed by atoms with E-state index in [1.165, 1.54) is 0 Å². The van der Waals surface area contributed by atoms with Gasteiger partial charge in [-0.15, -0.1) is 0 Å². The zero-order valence-corrected chi connectivity index (χ0v) is 18.0. The van der Waals surface area contributed by atoms with Gasteiger partial charge in [0.2, 0.25) is 0 Å². The highest BCUT2D eigenvalue weighted by Gasteiger charge is 2.33. The van der Waals surface area contributed by atoms with E-state index in [9.17, 15) is 4.79 Å². The van der Waals surface area contributed by atoms with E-state index in [-0.39, 0.29) is 12.1 Å². The lowest BCUT2D eigenvalue weighted by atomic mass is 10.0. The molecule has 0 radical (unpaired) electrons. The van der Waals surface area contributed by atoms with Crippen molar-refractivity contribution in [3.63, 3.8) is 0 Å². The number of rotatable bonds is 5. The quantitative estimate of drug-likeness (QED) is 0.498. The minimum Gasteiger partial charge on any atom is -0.493 e. The summed E-state index contributed by atoms with van der Waals surface area (Å²) in [6, 6.07) is 23.4. The van der Waals surface area contributed by atoms with Crippen LogP contribution in [-0.4, -0.2) is 12.5 Å². The van der Waals surface area contributed by atoms with Gasteiger partial charge in [0.1, 0.15) is 11.9 Å². The Kier molecular flexibility index (Phi) is 5.58. The van der Waals surface area contributed by atoms with Gasteiger partial charge in [-0.05, 0) is 60.0 Å². The number of anilines is 2. The Bertz CT molecular complexity index is 1000. The molecule has 1 aliphatic heterocycles. The summed E-state index contributed by atoms with van der Waals surface area (Å²) in [5.41, 5.74) is 3.34. The molecule has 5 heteroatoms. The van der Waals surface area contributed by atoms with Crippen molar-refractivity contribution < 1.29 is 9.53 Å². The predicted molar refractivity (Wildman–Crippen MR) is 121 cm³/mol. The van der Waals surface area contributed by atoms with Crippen LogP contribution in [0.2, 0.25) is 0 Å². The van der Waals surface area contributed by atoms with Gasteiger partial charge in [-0.1, -0.05) is 54.0 Å². The number of nitrogens with zero attached hydrogens (tertiary/aromatic N) is 1. The fourth-order valence-corrected chi connectivity index (χ4v) is 3.63. The number of halogens is 1. The number of amides is 1. The largest absolute Gasteiger partial charge is 0.493 e. The van der Waals surface area contributed by atoms with Gasteiger partial charge in [-0.2, -0.15) is 0 Å². The Morgan fingerprint density at radius 2 is 1.69 bits per heavy atom. The summed E-state index contributed by atoms with van der Waals surface area (Å²) in [6.45, 7) is 4.93. The number of carbonyl (C=O) groups excluding carboxylic acids is 1. The highest BCUT2D eigenvalue weighted by Crippen LogP contribution is 2.37. The van der Waals surface area contributed by atoms with E-state index in [0.717, 1.165) is 27.2 Å². The monoisotopic (exact) mass is 450 g/mol. The van der Waals surface area contributed by atoms with Crippen LogP contribution in [0.1, 0.15) is 35.9 Å². The standard InChI is InChI=1S/C24H23BrN2O2/c1-16(2)15-29-20-13-7-17(8-14-20)23-26-22-6-4-3-5-21(22)24(28)27(23)19-11-9-18(25)10-12-19/h3-14,16,23,26H,15H2,1-2H3/t23-/m1/s1. The molecule has 0 spiro atoms. The van der Waals surface area contributed by atoms with Gasteiger partial charge in [0.15, 0.2) is 0 Å². The lowest BCUT2D eigenvalue weighted by molar-refractivity contribution is 0.0975. The van der Waals surface area contributed by atoms with E-state index in [0.29, 0.717) is 18.1 Å². The maximum atomic E-state index is 13.4. The van der Waals surface area contributed by atoms with Crippen LogP contribution in [0.5, 0.6) is 5.75 Å². The molecule has 1 atom stereocenters. The molecule has 0 unspecified atom stereocenters. The third-order valence-corrected chi connectivity index (χ3v) is 5.34. The number of para-hydroxylation sites is 1. The first kappa shape index (κ1) is 19.5. The van der Waals surface area contributed by atoms with Gasteiger partial charge in [0.25, 0.3) is 5.91 Å². The molecule has 4 nitrogen and oxygen atoms in total. The molecule has 3 aromatic rings. The highest BCUT2D eigenvalue weighted by atomic mass is 79.9. The maximum absolute atomic E-state index is 13.4. The Morgan fingerprint density at radius 1 is 1.00 bits per heavy atom. The second kappa shape index (κ2) is 8.29. The van der Waals surface area contributed by atoms with Crippen molar-refractivity contribution in [2.75, 3.05) is 16.8 Å². The molecule has 0 aliphatic carbocycles. The maximum Gasteiger partial charge on any atom is 0.262 e. The van der Waals surface area contributed by atoms with E-state index in [4.69, 9.17) is 4.74 Å². The molecule has 1 N–H and O–H groups in total. The van der Waals surface area contributed by atoms with Crippen LogP contribution in [0.15, 0.2) is 77.3 Å². The molecule has 1 aliphatic rings. The van der Waals surface area contributed by atoms with Gasteiger partial charge in [0, 0.05) is 15.8 Å². The summed E-state index contributed by atoms with van der Waals surface area (Å²) in [6.07, 6.45) is -0.308. The molecule has 0 aromatic heterocycles. The van der Waals surface area contributed by atoms with E-state index >= 15 is 0 Å². The van der Waals surface area contributed by atoms with Gasteiger partial charge in [-0.25, -0.2) is 0 Å². The van der Waals surface area contributed by atoms with Gasteiger partial charge in [0.05, 0.1) is 12.2 Å². The second-order valence-corrected chi connectivity index (χ2v) is 8.43. The predicted octanol–water partition coefficient (Wildman–Crippen LogP) is 6.26. The number of fused-ring (bicyclic) bond motifs is 1. The van der Waals surface area contributed by atoms with Crippen LogP contribution in [0.25, 0.3) is 0 Å². The average molecular weight is 451 g/mol. The van der Waals surface area contributed by atoms with Gasteiger partial charge >= 0.3 is 0 Å². The van der Waals surface area contributed by atoms with Crippen LogP contribution >= 0.6 is 15.9 Å². The number of nitrogens with one attached hydrogen (secondary N) is 1. The summed E-state index contributed by atoms with van der Waals surface area (Å²) in [5, 5.41) is 3.53. The molecule has 148 valence electrons. The third kappa shape index (κ3) is 4.15. The van der Waals surface area contributed by atoms with Crippen molar-refractivity contribution >= 4 is 33.2 Å². The molecule has 29 heavy (non-hydrogen) atoms. The van der Waals surface area contributed by atoms with Crippen molar-refractivity contribution in [1.82, 2.24) is 0 Å². The molecule has 0 bridgehead atoms. The number of hydrogen-bond acceptors (Lipinski definition) is 3. The fourth-order valence-electron chi connectivity index (χ4n) is 3.36. The smallest absolute Gasteiger partial charge is 0.262 e. The summed E-state index contributed by atoms with van der Waals surface area (Å²) < 4.78 is 6.78. The summed E-state index contributed by atoms with van der Waals surface area (Å²) in [5.74, 6) is 1.28.